The van der Waals surface area contributed by atoms with E-state index < -0.39 is 17.7 Å². The number of hydrogen-bond donors (Lipinski definition) is 1. The van der Waals surface area contributed by atoms with Crippen molar-refractivity contribution >= 4 is 23.6 Å². The molecule has 1 aromatic rings. The number of benzene rings is 1. The Hall–Kier alpha value is -2.57. The van der Waals surface area contributed by atoms with Crippen LogP contribution in [-0.4, -0.2) is 59.0 Å². The molecule has 7 nitrogen and oxygen atoms in total. The lowest BCUT2D eigenvalue weighted by Crippen LogP contribution is -2.45. The van der Waals surface area contributed by atoms with Gasteiger partial charge in [-0.25, -0.2) is 4.79 Å². The van der Waals surface area contributed by atoms with E-state index in [4.69, 9.17) is 4.74 Å². The first kappa shape index (κ1) is 20.2. The SMILES string of the molecule is CC(C)(C)OC(=O)N1CCCC1C(=O)Nc1cccc(C(=O)N2CCCC2)c1. The largest absolute Gasteiger partial charge is 0.444 e. The number of amides is 3. The fourth-order valence-electron chi connectivity index (χ4n) is 3.64. The molecule has 1 unspecified atom stereocenters. The Morgan fingerprint density at radius 1 is 1.07 bits per heavy atom. The van der Waals surface area contributed by atoms with Crippen molar-refractivity contribution in [1.29, 1.82) is 0 Å². The van der Waals surface area contributed by atoms with Crippen molar-refractivity contribution in [1.82, 2.24) is 9.80 Å². The lowest BCUT2D eigenvalue weighted by molar-refractivity contribution is -0.120. The normalized spacial score (nSPS) is 19.6. The average molecular weight is 387 g/mol. The number of anilines is 1. The van der Waals surface area contributed by atoms with E-state index in [0.717, 1.165) is 32.4 Å². The van der Waals surface area contributed by atoms with Gasteiger partial charge >= 0.3 is 6.09 Å². The number of ether oxygens (including phenoxy) is 1. The molecular weight excluding hydrogens is 358 g/mol. The number of nitrogens with one attached hydrogen (secondary N) is 1. The minimum atomic E-state index is -0.606. The minimum absolute atomic E-state index is 0.00940. The summed E-state index contributed by atoms with van der Waals surface area (Å²) in [6.07, 6.45) is 2.94. The Morgan fingerprint density at radius 3 is 2.46 bits per heavy atom. The second-order valence-corrected chi connectivity index (χ2v) is 8.40. The Morgan fingerprint density at radius 2 is 1.79 bits per heavy atom. The third-order valence-electron chi connectivity index (χ3n) is 4.95. The summed E-state index contributed by atoms with van der Waals surface area (Å²) in [5.41, 5.74) is 0.520. The fourth-order valence-corrected chi connectivity index (χ4v) is 3.64. The first-order valence-corrected chi connectivity index (χ1v) is 9.94. The maximum absolute atomic E-state index is 12.8. The number of carbonyl (C=O) groups excluding carboxylic acids is 3. The molecule has 0 saturated carbocycles. The molecular formula is C21H29N3O4. The Bertz CT molecular complexity index is 750. The summed E-state index contributed by atoms with van der Waals surface area (Å²) in [6.45, 7) is 7.47. The molecule has 0 bridgehead atoms. The van der Waals surface area contributed by atoms with Crippen molar-refractivity contribution in [2.75, 3.05) is 25.0 Å². The van der Waals surface area contributed by atoms with E-state index in [1.54, 1.807) is 45.0 Å². The molecule has 1 N–H and O–H groups in total. The molecule has 2 heterocycles. The first-order valence-electron chi connectivity index (χ1n) is 9.94. The predicted molar refractivity (Wildman–Crippen MR) is 106 cm³/mol. The van der Waals surface area contributed by atoms with Gasteiger partial charge in [0.15, 0.2) is 0 Å². The van der Waals surface area contributed by atoms with Gasteiger partial charge in [0.05, 0.1) is 0 Å². The Kier molecular flexibility index (Phi) is 5.91. The molecule has 0 spiro atoms. The molecule has 2 aliphatic rings. The van der Waals surface area contributed by atoms with Crippen LogP contribution >= 0.6 is 0 Å². The van der Waals surface area contributed by atoms with Crippen molar-refractivity contribution in [3.63, 3.8) is 0 Å². The van der Waals surface area contributed by atoms with Crippen molar-refractivity contribution in [2.24, 2.45) is 0 Å². The third-order valence-corrected chi connectivity index (χ3v) is 4.95. The molecule has 0 aromatic heterocycles. The van der Waals surface area contributed by atoms with Crippen LogP contribution in [0, 0.1) is 0 Å². The van der Waals surface area contributed by atoms with Gasteiger partial charge in [-0.15, -0.1) is 0 Å². The number of nitrogens with zero attached hydrogens (tertiary/aromatic N) is 2. The average Bonchev–Trinajstić information content (AvgIpc) is 3.31. The van der Waals surface area contributed by atoms with E-state index in [1.807, 2.05) is 4.90 Å². The van der Waals surface area contributed by atoms with Gasteiger partial charge in [0, 0.05) is 30.9 Å². The maximum Gasteiger partial charge on any atom is 0.410 e. The number of likely N-dealkylation sites (tertiary alicyclic amines) is 2. The molecule has 0 radical (unpaired) electrons. The van der Waals surface area contributed by atoms with E-state index in [9.17, 15) is 14.4 Å². The summed E-state index contributed by atoms with van der Waals surface area (Å²) >= 11 is 0. The zero-order valence-corrected chi connectivity index (χ0v) is 16.9. The van der Waals surface area contributed by atoms with Crippen molar-refractivity contribution in [3.05, 3.63) is 29.8 Å². The van der Waals surface area contributed by atoms with Crippen LogP contribution in [0.5, 0.6) is 0 Å². The van der Waals surface area contributed by atoms with E-state index in [1.165, 1.54) is 4.90 Å². The van der Waals surface area contributed by atoms with Crippen LogP contribution in [0.3, 0.4) is 0 Å². The van der Waals surface area contributed by atoms with Crippen molar-refractivity contribution in [3.8, 4) is 0 Å². The van der Waals surface area contributed by atoms with Crippen LogP contribution in [0.1, 0.15) is 56.8 Å². The van der Waals surface area contributed by atoms with Gasteiger partial charge in [-0.3, -0.25) is 14.5 Å². The third kappa shape index (κ3) is 4.82. The number of carbonyl (C=O) groups is 3. The number of rotatable bonds is 3. The highest BCUT2D eigenvalue weighted by Gasteiger charge is 2.36. The second kappa shape index (κ2) is 8.20. The summed E-state index contributed by atoms with van der Waals surface area (Å²) < 4.78 is 5.42. The van der Waals surface area contributed by atoms with Crippen LogP contribution in [0.4, 0.5) is 10.5 Å². The highest BCUT2D eigenvalue weighted by molar-refractivity contribution is 5.99. The lowest BCUT2D eigenvalue weighted by atomic mass is 10.1. The molecule has 2 saturated heterocycles. The van der Waals surface area contributed by atoms with E-state index in [0.29, 0.717) is 24.2 Å². The molecule has 2 fully saturated rings. The van der Waals surface area contributed by atoms with Gasteiger partial charge in [0.25, 0.3) is 5.91 Å². The van der Waals surface area contributed by atoms with Crippen LogP contribution in [0.15, 0.2) is 24.3 Å². The smallest absolute Gasteiger partial charge is 0.410 e. The molecule has 7 heteroatoms. The minimum Gasteiger partial charge on any atom is -0.444 e. The van der Waals surface area contributed by atoms with Crippen molar-refractivity contribution in [2.45, 2.75) is 58.1 Å². The van der Waals surface area contributed by atoms with E-state index in [2.05, 4.69) is 5.32 Å². The van der Waals surface area contributed by atoms with Gasteiger partial charge in [0.1, 0.15) is 11.6 Å². The first-order chi connectivity index (χ1) is 13.2. The van der Waals surface area contributed by atoms with Crippen LogP contribution < -0.4 is 5.32 Å². The van der Waals surface area contributed by atoms with Gasteiger partial charge in [-0.05, 0) is 64.7 Å². The summed E-state index contributed by atoms with van der Waals surface area (Å²) in [4.78, 5) is 41.0. The summed E-state index contributed by atoms with van der Waals surface area (Å²) in [5, 5.41) is 2.86. The maximum atomic E-state index is 12.8. The van der Waals surface area contributed by atoms with Gasteiger partial charge < -0.3 is 15.0 Å². The van der Waals surface area contributed by atoms with Crippen molar-refractivity contribution < 1.29 is 19.1 Å². The monoisotopic (exact) mass is 387 g/mol. The predicted octanol–water partition coefficient (Wildman–Crippen LogP) is 3.26. The molecule has 3 rings (SSSR count). The Labute approximate surface area is 166 Å². The topological polar surface area (TPSA) is 79.0 Å². The van der Waals surface area contributed by atoms with Gasteiger partial charge in [-0.1, -0.05) is 6.07 Å². The summed E-state index contributed by atoms with van der Waals surface area (Å²) in [5.74, 6) is -0.265. The van der Waals surface area contributed by atoms with Gasteiger partial charge in [-0.2, -0.15) is 0 Å². The molecule has 2 aliphatic heterocycles. The number of hydrogen-bond acceptors (Lipinski definition) is 4. The second-order valence-electron chi connectivity index (χ2n) is 8.40. The van der Waals surface area contributed by atoms with Gasteiger partial charge in [0.2, 0.25) is 5.91 Å². The quantitative estimate of drug-likeness (QED) is 0.863. The molecule has 1 atom stereocenters. The molecule has 152 valence electrons. The highest BCUT2D eigenvalue weighted by Crippen LogP contribution is 2.23. The molecule has 1 aromatic carbocycles. The van der Waals surface area contributed by atoms with E-state index in [-0.39, 0.29) is 11.8 Å². The standard InChI is InChI=1S/C21H29N3O4/c1-21(2,3)28-20(27)24-13-7-10-17(24)18(25)22-16-9-6-8-15(14-16)19(26)23-11-4-5-12-23/h6,8-9,14,17H,4-5,7,10-13H2,1-3H3,(H,22,25). The highest BCUT2D eigenvalue weighted by atomic mass is 16.6. The molecule has 0 aliphatic carbocycles. The zero-order chi connectivity index (χ0) is 20.3. The lowest BCUT2D eigenvalue weighted by Gasteiger charge is -2.28. The van der Waals surface area contributed by atoms with Crippen LogP contribution in [0.25, 0.3) is 0 Å². The fraction of sp³-hybridized carbons (Fsp3) is 0.571. The van der Waals surface area contributed by atoms with Crippen LogP contribution in [-0.2, 0) is 9.53 Å². The summed E-state index contributed by atoms with van der Waals surface area (Å²) in [7, 11) is 0. The van der Waals surface area contributed by atoms with E-state index >= 15 is 0 Å². The Balaban J connectivity index is 1.66. The summed E-state index contributed by atoms with van der Waals surface area (Å²) in [6, 6.07) is 6.42. The molecule has 28 heavy (non-hydrogen) atoms. The zero-order valence-electron chi connectivity index (χ0n) is 16.9. The molecule has 3 amide bonds. The van der Waals surface area contributed by atoms with Crippen LogP contribution in [0.2, 0.25) is 0 Å².